The molecule has 2 heterocycles. The third kappa shape index (κ3) is 1.85. The van der Waals surface area contributed by atoms with E-state index in [1.165, 1.54) is 30.6 Å². The highest BCUT2D eigenvalue weighted by molar-refractivity contribution is 7.10. The molecule has 3 fully saturated rings. The van der Waals surface area contributed by atoms with Crippen molar-refractivity contribution in [3.8, 4) is 0 Å². The van der Waals surface area contributed by atoms with Crippen LogP contribution in [0.3, 0.4) is 0 Å². The lowest BCUT2D eigenvalue weighted by Crippen LogP contribution is -2.45. The van der Waals surface area contributed by atoms with Gasteiger partial charge in [-0.3, -0.25) is 10.1 Å². The van der Waals surface area contributed by atoms with Crippen LogP contribution in [0.5, 0.6) is 0 Å². The first-order valence-corrected chi connectivity index (χ1v) is 8.73. The molecular weight excluding hydrogens is 268 g/mol. The van der Waals surface area contributed by atoms with Crippen LogP contribution in [0.1, 0.15) is 56.5 Å². The first-order chi connectivity index (χ1) is 9.71. The predicted molar refractivity (Wildman–Crippen MR) is 80.4 cm³/mol. The van der Waals surface area contributed by atoms with Gasteiger partial charge in [-0.2, -0.15) is 0 Å². The fourth-order valence-electron chi connectivity index (χ4n) is 3.95. The molecule has 0 aromatic carbocycles. The first kappa shape index (κ1) is 12.8. The van der Waals surface area contributed by atoms with Crippen molar-refractivity contribution in [3.63, 3.8) is 0 Å². The zero-order chi connectivity index (χ0) is 13.7. The fraction of sp³-hybridized carbons (Fsp3) is 0.688. The second kappa shape index (κ2) is 4.57. The molecule has 1 spiro atoms. The van der Waals surface area contributed by atoms with Gasteiger partial charge < -0.3 is 4.90 Å². The van der Waals surface area contributed by atoms with Gasteiger partial charge in [0.05, 0.1) is 0 Å². The Hall–Kier alpha value is -0.870. The molecule has 1 aromatic rings. The number of rotatable bonds is 2. The van der Waals surface area contributed by atoms with E-state index in [-0.39, 0.29) is 11.7 Å². The van der Waals surface area contributed by atoms with Crippen molar-refractivity contribution in [3.05, 3.63) is 22.4 Å². The minimum absolute atomic E-state index is 0.121. The number of carbonyl (C=O) groups is 1. The standard InChI is InChI=1S/C16H22N2OS/c1-11-5-2-3-6-12(11)18-14(13-7-4-10-20-13)17-16(8-9-16)15(18)19/h4,7,10-12,14,17H,2-3,5-6,8-9H2,1H3. The Balaban J connectivity index is 1.68. The molecule has 4 heteroatoms. The smallest absolute Gasteiger partial charge is 0.244 e. The van der Waals surface area contributed by atoms with Crippen LogP contribution in [-0.2, 0) is 4.79 Å². The van der Waals surface area contributed by atoms with E-state index in [2.05, 4.69) is 34.7 Å². The van der Waals surface area contributed by atoms with Gasteiger partial charge >= 0.3 is 0 Å². The highest BCUT2D eigenvalue weighted by atomic mass is 32.1. The Morgan fingerprint density at radius 2 is 2.15 bits per heavy atom. The Labute approximate surface area is 124 Å². The molecule has 3 nitrogen and oxygen atoms in total. The van der Waals surface area contributed by atoms with Crippen LogP contribution in [0.25, 0.3) is 0 Å². The van der Waals surface area contributed by atoms with Gasteiger partial charge in [0.1, 0.15) is 11.7 Å². The van der Waals surface area contributed by atoms with Crippen molar-refractivity contribution >= 4 is 17.2 Å². The third-order valence-corrected chi connectivity index (χ3v) is 6.25. The Morgan fingerprint density at radius 3 is 2.80 bits per heavy atom. The minimum atomic E-state index is -0.203. The zero-order valence-corrected chi connectivity index (χ0v) is 12.8. The van der Waals surface area contributed by atoms with Gasteiger partial charge in [0.2, 0.25) is 5.91 Å². The van der Waals surface area contributed by atoms with Gasteiger partial charge in [-0.05, 0) is 43.0 Å². The minimum Gasteiger partial charge on any atom is -0.317 e. The first-order valence-electron chi connectivity index (χ1n) is 7.85. The Bertz CT molecular complexity index is 509. The molecule has 1 aliphatic heterocycles. The van der Waals surface area contributed by atoms with E-state index in [1.807, 2.05) is 0 Å². The number of hydrogen-bond donors (Lipinski definition) is 1. The summed E-state index contributed by atoms with van der Waals surface area (Å²) < 4.78 is 0. The summed E-state index contributed by atoms with van der Waals surface area (Å²) in [4.78, 5) is 16.4. The molecule has 4 rings (SSSR count). The Kier molecular flexibility index (Phi) is 2.93. The second-order valence-corrected chi connectivity index (χ2v) is 7.67. The second-order valence-electron chi connectivity index (χ2n) is 6.69. The summed E-state index contributed by atoms with van der Waals surface area (Å²) in [5.41, 5.74) is -0.203. The molecule has 1 aromatic heterocycles. The van der Waals surface area contributed by atoms with E-state index in [9.17, 15) is 4.79 Å². The monoisotopic (exact) mass is 290 g/mol. The number of amides is 1. The van der Waals surface area contributed by atoms with E-state index in [1.54, 1.807) is 11.3 Å². The van der Waals surface area contributed by atoms with Crippen LogP contribution >= 0.6 is 11.3 Å². The molecule has 3 aliphatic rings. The largest absolute Gasteiger partial charge is 0.317 e. The highest BCUT2D eigenvalue weighted by Gasteiger charge is 2.61. The fourth-order valence-corrected chi connectivity index (χ4v) is 4.72. The number of nitrogens with zero attached hydrogens (tertiary/aromatic N) is 1. The van der Waals surface area contributed by atoms with Gasteiger partial charge in [0.25, 0.3) is 0 Å². The van der Waals surface area contributed by atoms with Crippen molar-refractivity contribution in [2.24, 2.45) is 5.92 Å². The van der Waals surface area contributed by atoms with Gasteiger partial charge in [-0.1, -0.05) is 25.8 Å². The van der Waals surface area contributed by atoms with Gasteiger partial charge in [-0.15, -0.1) is 11.3 Å². The topological polar surface area (TPSA) is 32.3 Å². The average Bonchev–Trinajstić information content (AvgIpc) is 2.93. The molecule has 1 amide bonds. The van der Waals surface area contributed by atoms with Gasteiger partial charge in [0.15, 0.2) is 0 Å². The molecule has 0 bridgehead atoms. The van der Waals surface area contributed by atoms with Crippen molar-refractivity contribution in [2.75, 3.05) is 0 Å². The molecular formula is C16H22N2OS. The molecule has 2 aliphatic carbocycles. The molecule has 20 heavy (non-hydrogen) atoms. The van der Waals surface area contributed by atoms with Crippen LogP contribution in [-0.4, -0.2) is 22.4 Å². The van der Waals surface area contributed by atoms with E-state index in [0.717, 1.165) is 12.8 Å². The maximum atomic E-state index is 12.9. The van der Waals surface area contributed by atoms with E-state index >= 15 is 0 Å². The van der Waals surface area contributed by atoms with Crippen molar-refractivity contribution in [1.82, 2.24) is 10.2 Å². The molecule has 3 unspecified atom stereocenters. The maximum Gasteiger partial charge on any atom is 0.244 e. The lowest BCUT2D eigenvalue weighted by molar-refractivity contribution is -0.134. The summed E-state index contributed by atoms with van der Waals surface area (Å²) in [5, 5.41) is 5.76. The SMILES string of the molecule is CC1CCCCC1N1C(=O)C2(CC2)NC1c1cccs1. The molecule has 2 saturated carbocycles. The van der Waals surface area contributed by atoms with Crippen LogP contribution in [0.15, 0.2) is 17.5 Å². The number of hydrogen-bond acceptors (Lipinski definition) is 3. The molecule has 3 atom stereocenters. The summed E-state index contributed by atoms with van der Waals surface area (Å²) in [6.07, 6.45) is 7.18. The van der Waals surface area contributed by atoms with Crippen molar-refractivity contribution in [1.29, 1.82) is 0 Å². The summed E-state index contributed by atoms with van der Waals surface area (Å²) in [7, 11) is 0. The maximum absolute atomic E-state index is 12.9. The third-order valence-electron chi connectivity index (χ3n) is 5.32. The Morgan fingerprint density at radius 1 is 1.35 bits per heavy atom. The lowest BCUT2D eigenvalue weighted by Gasteiger charge is -2.39. The zero-order valence-electron chi connectivity index (χ0n) is 12.0. The van der Waals surface area contributed by atoms with Crippen LogP contribution in [0, 0.1) is 5.92 Å². The summed E-state index contributed by atoms with van der Waals surface area (Å²) in [6.45, 7) is 2.32. The van der Waals surface area contributed by atoms with E-state index in [0.29, 0.717) is 17.9 Å². The van der Waals surface area contributed by atoms with Crippen LogP contribution < -0.4 is 5.32 Å². The molecule has 0 radical (unpaired) electrons. The van der Waals surface area contributed by atoms with Crippen LogP contribution in [0.4, 0.5) is 0 Å². The van der Waals surface area contributed by atoms with Crippen LogP contribution in [0.2, 0.25) is 0 Å². The van der Waals surface area contributed by atoms with E-state index in [4.69, 9.17) is 0 Å². The number of carbonyl (C=O) groups excluding carboxylic acids is 1. The quantitative estimate of drug-likeness (QED) is 0.906. The number of nitrogens with one attached hydrogen (secondary N) is 1. The summed E-state index contributed by atoms with van der Waals surface area (Å²) in [6, 6.07) is 4.68. The van der Waals surface area contributed by atoms with E-state index < -0.39 is 0 Å². The normalized spacial score (nSPS) is 35.8. The lowest BCUT2D eigenvalue weighted by atomic mass is 9.84. The molecule has 1 N–H and O–H groups in total. The summed E-state index contributed by atoms with van der Waals surface area (Å²) >= 11 is 1.76. The average molecular weight is 290 g/mol. The van der Waals surface area contributed by atoms with Gasteiger partial charge in [0, 0.05) is 10.9 Å². The highest BCUT2D eigenvalue weighted by Crippen LogP contribution is 2.49. The summed E-state index contributed by atoms with van der Waals surface area (Å²) in [5.74, 6) is 1.00. The van der Waals surface area contributed by atoms with Crippen molar-refractivity contribution in [2.45, 2.75) is 63.2 Å². The number of thiophene rings is 1. The van der Waals surface area contributed by atoms with Crippen molar-refractivity contribution < 1.29 is 4.79 Å². The van der Waals surface area contributed by atoms with Gasteiger partial charge in [-0.25, -0.2) is 0 Å². The molecule has 108 valence electrons. The predicted octanol–water partition coefficient (Wildman–Crippen LogP) is 3.29. The molecule has 1 saturated heterocycles.